The van der Waals surface area contributed by atoms with Crippen LogP contribution in [0, 0.1) is 5.82 Å². The molecule has 1 amide bonds. The summed E-state index contributed by atoms with van der Waals surface area (Å²) in [5.41, 5.74) is 4.56. The van der Waals surface area contributed by atoms with Gasteiger partial charge in [-0.15, -0.1) is 0 Å². The van der Waals surface area contributed by atoms with Crippen LogP contribution in [0.3, 0.4) is 0 Å². The Labute approximate surface area is 168 Å². The number of fused-ring (bicyclic) bond motifs is 1. The quantitative estimate of drug-likeness (QED) is 0.683. The van der Waals surface area contributed by atoms with Crippen molar-refractivity contribution in [1.82, 2.24) is 14.7 Å². The highest BCUT2D eigenvalue weighted by Gasteiger charge is 2.30. The van der Waals surface area contributed by atoms with Crippen LogP contribution < -0.4 is 4.74 Å². The van der Waals surface area contributed by atoms with Gasteiger partial charge in [0, 0.05) is 38.0 Å². The van der Waals surface area contributed by atoms with Gasteiger partial charge in [0.25, 0.3) is 5.91 Å². The Morgan fingerprint density at radius 1 is 1.17 bits per heavy atom. The van der Waals surface area contributed by atoms with E-state index < -0.39 is 0 Å². The van der Waals surface area contributed by atoms with Crippen LogP contribution in [0.4, 0.5) is 4.39 Å². The van der Waals surface area contributed by atoms with Crippen LogP contribution in [0.1, 0.15) is 34.0 Å². The number of hydrogen-bond acceptors (Lipinski definition) is 3. The fourth-order valence-corrected chi connectivity index (χ4v) is 4.27. The summed E-state index contributed by atoms with van der Waals surface area (Å²) >= 11 is 0. The monoisotopic (exact) mass is 391 g/mol. The predicted molar refractivity (Wildman–Crippen MR) is 108 cm³/mol. The molecule has 0 bridgehead atoms. The second kappa shape index (κ2) is 7.03. The SMILES string of the molecule is Cn1nc(-c2ccc(F)cc2)cc1C(=O)N1CCC(c2ccc3c(c2)CCO3)C1. The summed E-state index contributed by atoms with van der Waals surface area (Å²) in [5, 5.41) is 4.45. The molecule has 148 valence electrons. The third kappa shape index (κ3) is 3.28. The lowest BCUT2D eigenvalue weighted by Crippen LogP contribution is -2.30. The van der Waals surface area contributed by atoms with E-state index in [9.17, 15) is 9.18 Å². The molecule has 2 aromatic carbocycles. The fourth-order valence-electron chi connectivity index (χ4n) is 4.27. The summed E-state index contributed by atoms with van der Waals surface area (Å²) in [6, 6.07) is 14.4. The van der Waals surface area contributed by atoms with E-state index in [2.05, 4.69) is 23.3 Å². The number of amides is 1. The summed E-state index contributed by atoms with van der Waals surface area (Å²) in [7, 11) is 1.77. The van der Waals surface area contributed by atoms with Gasteiger partial charge in [0.15, 0.2) is 0 Å². The van der Waals surface area contributed by atoms with E-state index in [1.54, 1.807) is 29.9 Å². The number of aryl methyl sites for hydroxylation is 1. The molecule has 3 aromatic rings. The van der Waals surface area contributed by atoms with Gasteiger partial charge in [-0.3, -0.25) is 9.48 Å². The molecule has 6 heteroatoms. The molecule has 2 aliphatic heterocycles. The number of carbonyl (C=O) groups excluding carboxylic acids is 1. The molecular weight excluding hydrogens is 369 g/mol. The zero-order valence-electron chi connectivity index (χ0n) is 16.3. The molecule has 0 radical (unpaired) electrons. The van der Waals surface area contributed by atoms with Crippen LogP contribution in [-0.4, -0.2) is 40.3 Å². The molecule has 1 atom stereocenters. The van der Waals surface area contributed by atoms with Crippen molar-refractivity contribution in [3.8, 4) is 17.0 Å². The van der Waals surface area contributed by atoms with Crippen molar-refractivity contribution < 1.29 is 13.9 Å². The molecule has 1 aromatic heterocycles. The van der Waals surface area contributed by atoms with Gasteiger partial charge in [-0.2, -0.15) is 5.10 Å². The minimum atomic E-state index is -0.290. The Hall–Kier alpha value is -3.15. The second-order valence-electron chi connectivity index (χ2n) is 7.75. The molecule has 29 heavy (non-hydrogen) atoms. The van der Waals surface area contributed by atoms with Crippen LogP contribution in [-0.2, 0) is 13.5 Å². The molecule has 5 nitrogen and oxygen atoms in total. The summed E-state index contributed by atoms with van der Waals surface area (Å²) in [6.07, 6.45) is 1.91. The standard InChI is InChI=1S/C23H22FN3O2/c1-26-21(13-20(25-26)15-2-5-19(24)6-3-15)23(28)27-10-8-18(14-27)16-4-7-22-17(12-16)9-11-29-22/h2-7,12-13,18H,8-11,14H2,1H3. The Morgan fingerprint density at radius 2 is 2.00 bits per heavy atom. The smallest absolute Gasteiger partial charge is 0.272 e. The summed E-state index contributed by atoms with van der Waals surface area (Å²) in [6.45, 7) is 2.19. The first kappa shape index (κ1) is 17.9. The minimum absolute atomic E-state index is 0.0136. The largest absolute Gasteiger partial charge is 0.493 e. The summed E-state index contributed by atoms with van der Waals surface area (Å²) in [4.78, 5) is 15.0. The maximum Gasteiger partial charge on any atom is 0.272 e. The maximum absolute atomic E-state index is 13.2. The zero-order chi connectivity index (χ0) is 20.0. The molecule has 2 aliphatic rings. The molecule has 1 fully saturated rings. The topological polar surface area (TPSA) is 47.4 Å². The molecule has 0 aliphatic carbocycles. The first-order chi connectivity index (χ1) is 14.1. The number of hydrogen-bond donors (Lipinski definition) is 0. The van der Waals surface area contributed by atoms with Crippen LogP contribution in [0.2, 0.25) is 0 Å². The van der Waals surface area contributed by atoms with Crippen LogP contribution in [0.5, 0.6) is 5.75 Å². The Morgan fingerprint density at radius 3 is 2.83 bits per heavy atom. The number of carbonyl (C=O) groups is 1. The molecular formula is C23H22FN3O2. The molecule has 0 saturated carbocycles. The van der Waals surface area contributed by atoms with Gasteiger partial charge < -0.3 is 9.64 Å². The van der Waals surface area contributed by atoms with E-state index in [1.165, 1.54) is 23.3 Å². The van der Waals surface area contributed by atoms with Gasteiger partial charge in [0.1, 0.15) is 17.3 Å². The van der Waals surface area contributed by atoms with Crippen LogP contribution in [0.15, 0.2) is 48.5 Å². The third-order valence-corrected chi connectivity index (χ3v) is 5.90. The van der Waals surface area contributed by atoms with E-state index >= 15 is 0 Å². The number of benzene rings is 2. The first-order valence-corrected chi connectivity index (χ1v) is 9.93. The van der Waals surface area contributed by atoms with Crippen molar-refractivity contribution in [2.24, 2.45) is 7.05 Å². The highest BCUT2D eigenvalue weighted by molar-refractivity contribution is 5.94. The Bertz CT molecular complexity index is 1070. The highest BCUT2D eigenvalue weighted by Crippen LogP contribution is 2.33. The first-order valence-electron chi connectivity index (χ1n) is 9.93. The van der Waals surface area contributed by atoms with Gasteiger partial charge in [0.05, 0.1) is 12.3 Å². The summed E-state index contributed by atoms with van der Waals surface area (Å²) in [5.74, 6) is 1.03. The van der Waals surface area contributed by atoms with Gasteiger partial charge in [-0.25, -0.2) is 4.39 Å². The molecule has 1 unspecified atom stereocenters. The number of ether oxygens (including phenoxy) is 1. The average Bonchev–Trinajstić information content (AvgIpc) is 3.47. The molecule has 1 saturated heterocycles. The number of nitrogens with zero attached hydrogens (tertiary/aromatic N) is 3. The second-order valence-corrected chi connectivity index (χ2v) is 7.75. The fraction of sp³-hybridized carbons (Fsp3) is 0.304. The Kier molecular flexibility index (Phi) is 4.34. The molecule has 0 spiro atoms. The average molecular weight is 391 g/mol. The normalized spacial score (nSPS) is 18.0. The third-order valence-electron chi connectivity index (χ3n) is 5.90. The summed E-state index contributed by atoms with van der Waals surface area (Å²) < 4.78 is 20.4. The number of aromatic nitrogens is 2. The predicted octanol–water partition coefficient (Wildman–Crippen LogP) is 3.79. The van der Waals surface area contributed by atoms with Gasteiger partial charge >= 0.3 is 0 Å². The Balaban J connectivity index is 1.33. The van der Waals surface area contributed by atoms with Crippen molar-refractivity contribution in [2.45, 2.75) is 18.8 Å². The molecule has 0 N–H and O–H groups in total. The highest BCUT2D eigenvalue weighted by atomic mass is 19.1. The van der Waals surface area contributed by atoms with Crippen LogP contribution in [0.25, 0.3) is 11.3 Å². The van der Waals surface area contributed by atoms with Crippen molar-refractivity contribution in [2.75, 3.05) is 19.7 Å². The van der Waals surface area contributed by atoms with Crippen LogP contribution >= 0.6 is 0 Å². The van der Waals surface area contributed by atoms with Crippen molar-refractivity contribution in [1.29, 1.82) is 0 Å². The number of likely N-dealkylation sites (tertiary alicyclic amines) is 1. The molecule has 3 heterocycles. The van der Waals surface area contributed by atoms with Crippen molar-refractivity contribution in [3.63, 3.8) is 0 Å². The van der Waals surface area contributed by atoms with E-state index in [-0.39, 0.29) is 11.7 Å². The van der Waals surface area contributed by atoms with Gasteiger partial charge in [0.2, 0.25) is 0 Å². The lowest BCUT2D eigenvalue weighted by molar-refractivity contribution is 0.0780. The van der Waals surface area contributed by atoms with E-state index in [1.807, 2.05) is 4.90 Å². The lowest BCUT2D eigenvalue weighted by Gasteiger charge is -2.17. The lowest BCUT2D eigenvalue weighted by atomic mass is 9.96. The van der Waals surface area contributed by atoms with Gasteiger partial charge in [-0.05, 0) is 53.9 Å². The zero-order valence-corrected chi connectivity index (χ0v) is 16.3. The van der Waals surface area contributed by atoms with Crippen molar-refractivity contribution in [3.05, 3.63) is 71.2 Å². The molecule has 5 rings (SSSR count). The number of halogens is 1. The van der Waals surface area contributed by atoms with E-state index in [0.29, 0.717) is 23.9 Å². The van der Waals surface area contributed by atoms with E-state index in [0.717, 1.165) is 37.3 Å². The maximum atomic E-state index is 13.2. The number of rotatable bonds is 3. The minimum Gasteiger partial charge on any atom is -0.493 e. The van der Waals surface area contributed by atoms with E-state index in [4.69, 9.17) is 4.74 Å². The van der Waals surface area contributed by atoms with Gasteiger partial charge in [-0.1, -0.05) is 12.1 Å². The van der Waals surface area contributed by atoms with Crippen molar-refractivity contribution >= 4 is 5.91 Å².